The Morgan fingerprint density at radius 2 is 1.00 bits per heavy atom. The zero-order valence-corrected chi connectivity index (χ0v) is 33.0. The molecule has 2 aliphatic heterocycles. The molecule has 2 saturated heterocycles. The van der Waals surface area contributed by atoms with Crippen LogP contribution in [0.15, 0.2) is 60.9 Å². The van der Waals surface area contributed by atoms with Crippen molar-refractivity contribution in [3.8, 4) is 0 Å². The number of para-hydroxylation sites is 2. The molecule has 0 radical (unpaired) electrons. The van der Waals surface area contributed by atoms with E-state index in [9.17, 15) is 9.59 Å². The molecule has 9 heteroatoms. The zero-order valence-electron chi connectivity index (χ0n) is 33.0. The van der Waals surface area contributed by atoms with E-state index in [1.165, 1.54) is 45.8 Å². The summed E-state index contributed by atoms with van der Waals surface area (Å²) < 4.78 is 21.1. The average Bonchev–Trinajstić information content (AvgIpc) is 3.76. The van der Waals surface area contributed by atoms with Crippen molar-refractivity contribution in [2.24, 2.45) is 0 Å². The number of carbonyl (C=O) groups excluding carboxylic acids is 2. The van der Waals surface area contributed by atoms with Gasteiger partial charge in [-0.25, -0.2) is 0 Å². The van der Waals surface area contributed by atoms with Gasteiger partial charge in [-0.3, -0.25) is 9.59 Å². The molecule has 0 aliphatic carbocycles. The summed E-state index contributed by atoms with van der Waals surface area (Å²) in [6.45, 7) is 15.3. The summed E-state index contributed by atoms with van der Waals surface area (Å²) in [4.78, 5) is 29.8. The molecule has 4 aromatic rings. The predicted molar refractivity (Wildman–Crippen MR) is 217 cm³/mol. The van der Waals surface area contributed by atoms with Gasteiger partial charge in [0.2, 0.25) is 0 Å². The van der Waals surface area contributed by atoms with Crippen molar-refractivity contribution >= 4 is 33.7 Å². The van der Waals surface area contributed by atoms with Gasteiger partial charge in [-0.1, -0.05) is 42.8 Å². The minimum Gasteiger partial charge on any atom is -0.393 e. The Bertz CT molecular complexity index is 1750. The van der Waals surface area contributed by atoms with E-state index in [1.807, 2.05) is 13.8 Å². The Morgan fingerprint density at radius 1 is 0.574 bits per heavy atom. The monoisotopic (exact) mass is 740 g/mol. The Balaban J connectivity index is 0.800. The topological polar surface area (TPSA) is 78.2 Å². The van der Waals surface area contributed by atoms with Gasteiger partial charge >= 0.3 is 11.9 Å². The number of nitrogens with zero attached hydrogens (tertiary/aromatic N) is 4. The van der Waals surface area contributed by atoms with E-state index in [1.54, 1.807) is 0 Å². The van der Waals surface area contributed by atoms with Crippen molar-refractivity contribution in [3.63, 3.8) is 0 Å². The standard InChI is InChI=1S/C45H64N4O5/c1-3-52-32-30-48-34-40(38-14-7-9-16-42(38)48)36-20-26-46(27-21-36)24-12-5-6-18-44(50)54-45(51)19-11-13-25-47-28-22-37(23-29-47)41-35-49(31-33-53-4-2)43-17-10-8-15-39(41)43/h7-10,14-17,34-37H,3-6,11-13,18-33H2,1-2H3. The van der Waals surface area contributed by atoms with Crippen LogP contribution in [0, 0.1) is 0 Å². The van der Waals surface area contributed by atoms with E-state index >= 15 is 0 Å². The second kappa shape index (κ2) is 21.0. The largest absolute Gasteiger partial charge is 0.393 e. The molecule has 2 aromatic carbocycles. The van der Waals surface area contributed by atoms with Crippen LogP contribution in [0.25, 0.3) is 21.8 Å². The SMILES string of the molecule is CCOCCn1cc(C2CCN(CCCCCC(=O)OC(=O)CCCCN3CCC(c4cn(CCOCC)c5ccccc45)CC3)CC2)c2ccccc21. The number of ether oxygens (including phenoxy) is 3. The van der Waals surface area contributed by atoms with Gasteiger partial charge < -0.3 is 33.1 Å². The Morgan fingerprint density at radius 3 is 1.46 bits per heavy atom. The lowest BCUT2D eigenvalue weighted by Crippen LogP contribution is -2.33. The Hall–Kier alpha value is -3.50. The van der Waals surface area contributed by atoms with Crippen LogP contribution >= 0.6 is 0 Å². The molecule has 0 amide bonds. The van der Waals surface area contributed by atoms with E-state index in [2.05, 4.69) is 79.9 Å². The van der Waals surface area contributed by atoms with Crippen molar-refractivity contribution < 1.29 is 23.8 Å². The van der Waals surface area contributed by atoms with Crippen molar-refractivity contribution in [2.75, 3.05) is 65.7 Å². The minimum atomic E-state index is -0.375. The number of esters is 2. The summed E-state index contributed by atoms with van der Waals surface area (Å²) >= 11 is 0. The minimum absolute atomic E-state index is 0.313. The van der Waals surface area contributed by atoms with E-state index in [-0.39, 0.29) is 11.9 Å². The number of aromatic nitrogens is 2. The molecule has 0 N–H and O–H groups in total. The number of piperidine rings is 2. The fourth-order valence-corrected chi connectivity index (χ4v) is 8.74. The summed E-state index contributed by atoms with van der Waals surface area (Å²) in [5.41, 5.74) is 5.56. The molecule has 0 spiro atoms. The lowest BCUT2D eigenvalue weighted by Gasteiger charge is -2.32. The van der Waals surface area contributed by atoms with E-state index in [0.29, 0.717) is 24.7 Å². The van der Waals surface area contributed by atoms with Gasteiger partial charge in [0.25, 0.3) is 0 Å². The molecule has 2 fully saturated rings. The van der Waals surface area contributed by atoms with Crippen LogP contribution in [0.1, 0.15) is 107 Å². The number of carbonyl (C=O) groups is 2. The van der Waals surface area contributed by atoms with E-state index in [4.69, 9.17) is 14.2 Å². The van der Waals surface area contributed by atoms with Gasteiger partial charge in [0.15, 0.2) is 0 Å². The lowest BCUT2D eigenvalue weighted by molar-refractivity contribution is -0.159. The van der Waals surface area contributed by atoms with Gasteiger partial charge in [0.1, 0.15) is 0 Å². The van der Waals surface area contributed by atoms with Gasteiger partial charge in [-0.15, -0.1) is 0 Å². The molecule has 0 bridgehead atoms. The molecule has 9 nitrogen and oxygen atoms in total. The first-order valence-electron chi connectivity index (χ1n) is 21.0. The van der Waals surface area contributed by atoms with Crippen molar-refractivity contribution in [1.29, 1.82) is 0 Å². The quantitative estimate of drug-likeness (QED) is 0.0482. The average molecular weight is 741 g/mol. The summed E-state index contributed by atoms with van der Waals surface area (Å²) in [7, 11) is 0. The molecule has 2 aromatic heterocycles. The second-order valence-electron chi connectivity index (χ2n) is 15.3. The third-order valence-electron chi connectivity index (χ3n) is 11.7. The first kappa shape index (κ1) is 40.2. The highest BCUT2D eigenvalue weighted by molar-refractivity contribution is 5.86. The van der Waals surface area contributed by atoms with Gasteiger partial charge in [0, 0.05) is 73.3 Å². The maximum atomic E-state index is 12.4. The molecule has 294 valence electrons. The molecular weight excluding hydrogens is 677 g/mol. The van der Waals surface area contributed by atoms with E-state index < -0.39 is 0 Å². The molecule has 2 aliphatic rings. The van der Waals surface area contributed by atoms with Crippen molar-refractivity contribution in [3.05, 3.63) is 72.1 Å². The number of fused-ring (bicyclic) bond motifs is 2. The van der Waals surface area contributed by atoms with Crippen molar-refractivity contribution in [1.82, 2.24) is 18.9 Å². The van der Waals surface area contributed by atoms with Crippen LogP contribution in [0.3, 0.4) is 0 Å². The summed E-state index contributed by atoms with van der Waals surface area (Å²) in [6, 6.07) is 17.5. The summed E-state index contributed by atoms with van der Waals surface area (Å²) in [6.07, 6.45) is 14.5. The Labute approximate surface area is 322 Å². The molecule has 54 heavy (non-hydrogen) atoms. The maximum Gasteiger partial charge on any atom is 0.313 e. The Kier molecular flexibility index (Phi) is 15.6. The first-order chi connectivity index (χ1) is 26.5. The van der Waals surface area contributed by atoms with Crippen LogP contribution in [-0.2, 0) is 36.9 Å². The van der Waals surface area contributed by atoms with Crippen LogP contribution in [0.5, 0.6) is 0 Å². The maximum absolute atomic E-state index is 12.4. The number of hydrogen-bond acceptors (Lipinski definition) is 7. The molecular formula is C45H64N4O5. The van der Waals surface area contributed by atoms with Crippen LogP contribution in [-0.4, -0.2) is 96.6 Å². The van der Waals surface area contributed by atoms with Gasteiger partial charge in [-0.2, -0.15) is 0 Å². The first-order valence-corrected chi connectivity index (χ1v) is 21.0. The number of hydrogen-bond donors (Lipinski definition) is 0. The third-order valence-corrected chi connectivity index (χ3v) is 11.7. The summed E-state index contributed by atoms with van der Waals surface area (Å²) in [5.74, 6) is 0.411. The summed E-state index contributed by atoms with van der Waals surface area (Å²) in [5, 5.41) is 2.76. The molecule has 6 rings (SSSR count). The molecule has 0 saturated carbocycles. The smallest absolute Gasteiger partial charge is 0.313 e. The van der Waals surface area contributed by atoms with E-state index in [0.717, 1.165) is 124 Å². The molecule has 0 unspecified atom stereocenters. The van der Waals surface area contributed by atoms with Crippen LogP contribution < -0.4 is 0 Å². The fraction of sp³-hybridized carbons (Fsp3) is 0.600. The number of unbranched alkanes of at least 4 members (excludes halogenated alkanes) is 3. The molecule has 4 heterocycles. The van der Waals surface area contributed by atoms with Gasteiger partial charge in [0.05, 0.1) is 13.2 Å². The number of benzene rings is 2. The predicted octanol–water partition coefficient (Wildman–Crippen LogP) is 8.53. The highest BCUT2D eigenvalue weighted by Gasteiger charge is 2.25. The second-order valence-corrected chi connectivity index (χ2v) is 15.3. The van der Waals surface area contributed by atoms with Crippen molar-refractivity contribution in [2.45, 2.75) is 109 Å². The van der Waals surface area contributed by atoms with Gasteiger partial charge in [-0.05, 0) is 140 Å². The zero-order chi connectivity index (χ0) is 37.5. The highest BCUT2D eigenvalue weighted by Crippen LogP contribution is 2.36. The number of rotatable bonds is 21. The lowest BCUT2D eigenvalue weighted by atomic mass is 9.89. The third kappa shape index (κ3) is 11.1. The highest BCUT2D eigenvalue weighted by atomic mass is 16.6. The number of likely N-dealkylation sites (tertiary alicyclic amines) is 2. The normalized spacial score (nSPS) is 16.5. The van der Waals surface area contributed by atoms with Crippen LogP contribution in [0.2, 0.25) is 0 Å². The molecule has 0 atom stereocenters. The van der Waals surface area contributed by atoms with Crippen LogP contribution in [0.4, 0.5) is 0 Å². The fourth-order valence-electron chi connectivity index (χ4n) is 8.74.